The summed E-state index contributed by atoms with van der Waals surface area (Å²) < 4.78 is 35.6. The summed E-state index contributed by atoms with van der Waals surface area (Å²) in [5.41, 5.74) is 0.187. The Labute approximate surface area is 161 Å². The maximum absolute atomic E-state index is 12.4. The number of benzene rings is 2. The number of nitrogens with one attached hydrogen (secondary N) is 1. The summed E-state index contributed by atoms with van der Waals surface area (Å²) in [5.74, 6) is 0.0363. The van der Waals surface area contributed by atoms with Gasteiger partial charge in [0.2, 0.25) is 15.9 Å². The number of carbonyl (C=O) groups excluding carboxylic acids is 1. The van der Waals surface area contributed by atoms with E-state index in [0.717, 1.165) is 10.6 Å². The smallest absolute Gasteiger partial charge is 0.271 e. The number of non-ortho nitro benzene ring substituents is 1. The third kappa shape index (κ3) is 5.10. The van der Waals surface area contributed by atoms with Crippen molar-refractivity contribution < 1.29 is 27.6 Å². The standard InChI is InChI=1S/C17H19N3O7S/c1-26-15-8-7-13(10-16(15)27-2)19(28(3,24)25)11-17(21)18-12-5-4-6-14(9-12)20(22)23/h4-10H,11H2,1-3H3,(H,18,21). The van der Waals surface area contributed by atoms with E-state index in [1.165, 1.54) is 56.7 Å². The summed E-state index contributed by atoms with van der Waals surface area (Å²) in [7, 11) is -0.957. The number of sulfonamides is 1. The van der Waals surface area contributed by atoms with Crippen LogP contribution >= 0.6 is 0 Å². The molecule has 0 heterocycles. The number of hydrogen-bond acceptors (Lipinski definition) is 7. The van der Waals surface area contributed by atoms with E-state index < -0.39 is 27.4 Å². The highest BCUT2D eigenvalue weighted by molar-refractivity contribution is 7.92. The van der Waals surface area contributed by atoms with Crippen LogP contribution in [0.4, 0.5) is 17.1 Å². The van der Waals surface area contributed by atoms with E-state index in [1.54, 1.807) is 0 Å². The molecule has 0 aliphatic carbocycles. The van der Waals surface area contributed by atoms with Crippen LogP contribution in [0, 0.1) is 10.1 Å². The molecule has 150 valence electrons. The Morgan fingerprint density at radius 3 is 2.39 bits per heavy atom. The predicted molar refractivity (Wildman–Crippen MR) is 103 cm³/mol. The molecule has 2 aromatic rings. The molecule has 0 saturated heterocycles. The van der Waals surface area contributed by atoms with Gasteiger partial charge < -0.3 is 14.8 Å². The molecule has 0 radical (unpaired) electrons. The quantitative estimate of drug-likeness (QED) is 0.522. The van der Waals surface area contributed by atoms with Crippen molar-refractivity contribution in [1.29, 1.82) is 0 Å². The number of nitro benzene ring substituents is 1. The zero-order valence-electron chi connectivity index (χ0n) is 15.4. The molecule has 0 fully saturated rings. The molecule has 0 spiro atoms. The second-order valence-electron chi connectivity index (χ2n) is 5.66. The highest BCUT2D eigenvalue weighted by atomic mass is 32.2. The molecule has 0 aliphatic heterocycles. The van der Waals surface area contributed by atoms with Gasteiger partial charge in [-0.25, -0.2) is 8.42 Å². The number of nitro groups is 1. The molecule has 0 aromatic heterocycles. The van der Waals surface area contributed by atoms with E-state index >= 15 is 0 Å². The number of carbonyl (C=O) groups is 1. The van der Waals surface area contributed by atoms with Crippen molar-refractivity contribution in [2.45, 2.75) is 0 Å². The number of anilines is 2. The largest absolute Gasteiger partial charge is 0.493 e. The predicted octanol–water partition coefficient (Wildman–Crippen LogP) is 2.02. The van der Waals surface area contributed by atoms with Crippen molar-refractivity contribution in [2.24, 2.45) is 0 Å². The third-order valence-electron chi connectivity index (χ3n) is 3.68. The van der Waals surface area contributed by atoms with Crippen molar-refractivity contribution in [3.63, 3.8) is 0 Å². The molecule has 0 bridgehead atoms. The first-order valence-electron chi connectivity index (χ1n) is 7.89. The Morgan fingerprint density at radius 1 is 1.14 bits per heavy atom. The molecule has 0 unspecified atom stereocenters. The monoisotopic (exact) mass is 409 g/mol. The normalized spacial score (nSPS) is 10.8. The first kappa shape index (κ1) is 21.0. The maximum Gasteiger partial charge on any atom is 0.271 e. The molecule has 0 aliphatic rings. The lowest BCUT2D eigenvalue weighted by Crippen LogP contribution is -2.37. The Morgan fingerprint density at radius 2 is 1.82 bits per heavy atom. The molecule has 1 amide bonds. The van der Waals surface area contributed by atoms with Crippen LogP contribution < -0.4 is 19.1 Å². The number of rotatable bonds is 8. The lowest BCUT2D eigenvalue weighted by molar-refractivity contribution is -0.384. The van der Waals surface area contributed by atoms with Crippen molar-refractivity contribution >= 4 is 33.0 Å². The number of ether oxygens (including phenoxy) is 2. The van der Waals surface area contributed by atoms with Gasteiger partial charge in [-0.3, -0.25) is 19.2 Å². The molecule has 11 heteroatoms. The van der Waals surface area contributed by atoms with Gasteiger partial charge in [0.15, 0.2) is 11.5 Å². The minimum absolute atomic E-state index is 0.181. The third-order valence-corrected chi connectivity index (χ3v) is 4.82. The molecule has 0 atom stereocenters. The van der Waals surface area contributed by atoms with Gasteiger partial charge in [-0.1, -0.05) is 6.07 Å². The average molecular weight is 409 g/mol. The average Bonchev–Trinajstić information content (AvgIpc) is 2.64. The summed E-state index contributed by atoms with van der Waals surface area (Å²) in [5, 5.41) is 13.3. The zero-order chi connectivity index (χ0) is 20.9. The van der Waals surface area contributed by atoms with Gasteiger partial charge in [0.05, 0.1) is 31.1 Å². The van der Waals surface area contributed by atoms with Crippen LogP contribution in [0.3, 0.4) is 0 Å². The van der Waals surface area contributed by atoms with E-state index in [0.29, 0.717) is 11.5 Å². The van der Waals surface area contributed by atoms with Crippen LogP contribution in [0.15, 0.2) is 42.5 Å². The number of amides is 1. The van der Waals surface area contributed by atoms with Gasteiger partial charge in [0.25, 0.3) is 5.69 Å². The Kier molecular flexibility index (Phi) is 6.41. The maximum atomic E-state index is 12.4. The molecule has 1 N–H and O–H groups in total. The van der Waals surface area contributed by atoms with Gasteiger partial charge in [0, 0.05) is 23.9 Å². The SMILES string of the molecule is COc1ccc(N(CC(=O)Nc2cccc([N+](=O)[O-])c2)S(C)(=O)=O)cc1OC. The topological polar surface area (TPSA) is 128 Å². The Hall–Kier alpha value is -3.34. The second kappa shape index (κ2) is 8.57. The van der Waals surface area contributed by atoms with Crippen LogP contribution in [0.25, 0.3) is 0 Å². The summed E-state index contributed by atoms with van der Waals surface area (Å²) >= 11 is 0. The van der Waals surface area contributed by atoms with Gasteiger partial charge in [-0.15, -0.1) is 0 Å². The summed E-state index contributed by atoms with van der Waals surface area (Å²) in [6.45, 7) is -0.531. The van der Waals surface area contributed by atoms with Crippen LogP contribution in [-0.4, -0.2) is 46.3 Å². The highest BCUT2D eigenvalue weighted by Crippen LogP contribution is 2.32. The summed E-state index contributed by atoms with van der Waals surface area (Å²) in [6.07, 6.45) is 0.963. The van der Waals surface area contributed by atoms with Gasteiger partial charge >= 0.3 is 0 Å². The van der Waals surface area contributed by atoms with E-state index in [1.807, 2.05) is 0 Å². The number of hydrogen-bond donors (Lipinski definition) is 1. The van der Waals surface area contributed by atoms with Crippen LogP contribution in [-0.2, 0) is 14.8 Å². The second-order valence-corrected chi connectivity index (χ2v) is 7.57. The van der Waals surface area contributed by atoms with Gasteiger partial charge in [-0.2, -0.15) is 0 Å². The summed E-state index contributed by atoms with van der Waals surface area (Å²) in [4.78, 5) is 22.6. The first-order valence-corrected chi connectivity index (χ1v) is 9.74. The Bertz CT molecular complexity index is 992. The fraction of sp³-hybridized carbons (Fsp3) is 0.235. The van der Waals surface area contributed by atoms with E-state index in [-0.39, 0.29) is 17.1 Å². The van der Waals surface area contributed by atoms with E-state index in [4.69, 9.17) is 9.47 Å². The number of methoxy groups -OCH3 is 2. The molecule has 2 rings (SSSR count). The van der Waals surface area contributed by atoms with E-state index in [2.05, 4.69) is 5.32 Å². The highest BCUT2D eigenvalue weighted by Gasteiger charge is 2.22. The first-order chi connectivity index (χ1) is 13.2. The van der Waals surface area contributed by atoms with Crippen LogP contribution in [0.1, 0.15) is 0 Å². The van der Waals surface area contributed by atoms with Crippen molar-refractivity contribution in [3.05, 3.63) is 52.6 Å². The Balaban J connectivity index is 2.27. The fourth-order valence-electron chi connectivity index (χ4n) is 2.41. The molecule has 2 aromatic carbocycles. The fourth-order valence-corrected chi connectivity index (χ4v) is 3.26. The number of nitrogens with zero attached hydrogens (tertiary/aromatic N) is 2. The van der Waals surface area contributed by atoms with Crippen LogP contribution in [0.2, 0.25) is 0 Å². The molecular formula is C17H19N3O7S. The van der Waals surface area contributed by atoms with Crippen molar-refractivity contribution in [2.75, 3.05) is 36.6 Å². The minimum atomic E-state index is -3.80. The van der Waals surface area contributed by atoms with Crippen LogP contribution in [0.5, 0.6) is 11.5 Å². The van der Waals surface area contributed by atoms with Gasteiger partial charge in [0.1, 0.15) is 6.54 Å². The van der Waals surface area contributed by atoms with Crippen molar-refractivity contribution in [3.8, 4) is 11.5 Å². The minimum Gasteiger partial charge on any atom is -0.493 e. The molecule has 10 nitrogen and oxygen atoms in total. The molecule has 0 saturated carbocycles. The van der Waals surface area contributed by atoms with Gasteiger partial charge in [-0.05, 0) is 18.2 Å². The lowest BCUT2D eigenvalue weighted by atomic mass is 10.2. The zero-order valence-corrected chi connectivity index (χ0v) is 16.2. The summed E-state index contributed by atoms with van der Waals surface area (Å²) in [6, 6.07) is 9.76. The van der Waals surface area contributed by atoms with E-state index in [9.17, 15) is 23.3 Å². The molecular weight excluding hydrogens is 390 g/mol. The van der Waals surface area contributed by atoms with Crippen molar-refractivity contribution in [1.82, 2.24) is 0 Å². The lowest BCUT2D eigenvalue weighted by Gasteiger charge is -2.23. The molecule has 28 heavy (non-hydrogen) atoms.